The number of nitrogens with zero attached hydrogens (tertiary/aromatic N) is 1. The molecule has 1 saturated carbocycles. The van der Waals surface area contributed by atoms with Crippen molar-refractivity contribution >= 4 is 15.9 Å². The molecule has 3 nitrogen and oxygen atoms in total. The van der Waals surface area contributed by atoms with E-state index in [0.29, 0.717) is 12.1 Å². The lowest BCUT2D eigenvalue weighted by molar-refractivity contribution is 0.0809. The second-order valence-corrected chi connectivity index (χ2v) is 5.88. The number of pyridine rings is 1. The van der Waals surface area contributed by atoms with E-state index >= 15 is 0 Å². The van der Waals surface area contributed by atoms with Crippen LogP contribution < -0.4 is 5.32 Å². The number of ether oxygens (including phenoxy) is 1. The Kier molecular flexibility index (Phi) is 3.45. The van der Waals surface area contributed by atoms with Crippen LogP contribution in [0.2, 0.25) is 0 Å². The van der Waals surface area contributed by atoms with Gasteiger partial charge in [-0.15, -0.1) is 0 Å². The third-order valence-corrected chi connectivity index (χ3v) is 3.99. The molecule has 1 aromatic rings. The summed E-state index contributed by atoms with van der Waals surface area (Å²) in [6.45, 7) is 1.79. The maximum absolute atomic E-state index is 5.81. The number of hydrogen-bond acceptors (Lipinski definition) is 3. The number of aromatic nitrogens is 1. The maximum atomic E-state index is 5.81. The van der Waals surface area contributed by atoms with Crippen LogP contribution in [0.3, 0.4) is 0 Å². The fourth-order valence-corrected chi connectivity index (χ4v) is 2.93. The first-order valence-corrected chi connectivity index (χ1v) is 7.06. The van der Waals surface area contributed by atoms with E-state index in [1.54, 1.807) is 0 Å². The quantitative estimate of drug-likeness (QED) is 0.927. The van der Waals surface area contributed by atoms with E-state index in [1.807, 2.05) is 12.4 Å². The van der Waals surface area contributed by atoms with Crippen LogP contribution in [-0.2, 0) is 11.3 Å². The minimum Gasteiger partial charge on any atom is -0.376 e. The molecule has 2 unspecified atom stereocenters. The molecule has 2 atom stereocenters. The first kappa shape index (κ1) is 11.6. The summed E-state index contributed by atoms with van der Waals surface area (Å²) in [4.78, 5) is 4.18. The van der Waals surface area contributed by atoms with E-state index in [4.69, 9.17) is 4.74 Å². The molecule has 1 aliphatic carbocycles. The summed E-state index contributed by atoms with van der Waals surface area (Å²) >= 11 is 3.45. The molecule has 4 heteroatoms. The lowest BCUT2D eigenvalue weighted by atomic mass is 10.1. The highest BCUT2D eigenvalue weighted by molar-refractivity contribution is 9.10. The zero-order chi connectivity index (χ0) is 11.7. The van der Waals surface area contributed by atoms with Gasteiger partial charge in [0.25, 0.3) is 0 Å². The molecule has 2 fully saturated rings. The Balaban J connectivity index is 1.56. The summed E-state index contributed by atoms with van der Waals surface area (Å²) < 4.78 is 6.85. The van der Waals surface area contributed by atoms with Crippen molar-refractivity contribution in [2.45, 2.75) is 38.0 Å². The molecule has 3 rings (SSSR count). The normalized spacial score (nSPS) is 28.5. The predicted molar refractivity (Wildman–Crippen MR) is 69.6 cm³/mol. The molecule has 0 spiro atoms. The fraction of sp³-hybridized carbons (Fsp3) is 0.615. The standard InChI is InChI=1S/C13H17BrN2O/c14-11-5-9(6-15-8-11)7-16-12-3-4-17-13(12)10-1-2-10/h5-6,8,10,12-13,16H,1-4,7H2. The molecule has 1 saturated heterocycles. The van der Waals surface area contributed by atoms with Gasteiger partial charge in [-0.2, -0.15) is 0 Å². The fourth-order valence-electron chi connectivity index (χ4n) is 2.52. The van der Waals surface area contributed by atoms with Crippen LogP contribution in [0, 0.1) is 5.92 Å². The smallest absolute Gasteiger partial charge is 0.0757 e. The zero-order valence-corrected chi connectivity index (χ0v) is 11.3. The van der Waals surface area contributed by atoms with Gasteiger partial charge in [-0.1, -0.05) is 0 Å². The molecule has 92 valence electrons. The van der Waals surface area contributed by atoms with Crippen LogP contribution in [0.15, 0.2) is 22.9 Å². The Morgan fingerprint density at radius 1 is 1.35 bits per heavy atom. The monoisotopic (exact) mass is 296 g/mol. The van der Waals surface area contributed by atoms with Gasteiger partial charge < -0.3 is 10.1 Å². The average Bonchev–Trinajstić information content (AvgIpc) is 3.06. The van der Waals surface area contributed by atoms with Gasteiger partial charge in [-0.3, -0.25) is 4.98 Å². The molecule has 2 heterocycles. The lowest BCUT2D eigenvalue weighted by Crippen LogP contribution is -2.37. The second-order valence-electron chi connectivity index (χ2n) is 4.96. The molecule has 0 amide bonds. The van der Waals surface area contributed by atoms with Crippen molar-refractivity contribution in [3.05, 3.63) is 28.5 Å². The van der Waals surface area contributed by atoms with Gasteiger partial charge >= 0.3 is 0 Å². The molecule has 1 N–H and O–H groups in total. The van der Waals surface area contributed by atoms with Crippen molar-refractivity contribution in [2.24, 2.45) is 5.92 Å². The van der Waals surface area contributed by atoms with Crippen LogP contribution in [-0.4, -0.2) is 23.7 Å². The van der Waals surface area contributed by atoms with Gasteiger partial charge in [0.15, 0.2) is 0 Å². The summed E-state index contributed by atoms with van der Waals surface area (Å²) in [5, 5.41) is 3.61. The summed E-state index contributed by atoms with van der Waals surface area (Å²) in [5.41, 5.74) is 1.22. The van der Waals surface area contributed by atoms with Crippen molar-refractivity contribution < 1.29 is 4.74 Å². The molecular formula is C13H17BrN2O. The SMILES string of the molecule is Brc1cncc(CNC2CCOC2C2CC2)c1. The maximum Gasteiger partial charge on any atom is 0.0757 e. The van der Waals surface area contributed by atoms with Crippen molar-refractivity contribution in [2.75, 3.05) is 6.61 Å². The molecule has 0 aromatic carbocycles. The van der Waals surface area contributed by atoms with Crippen molar-refractivity contribution in [3.63, 3.8) is 0 Å². The molecule has 2 aliphatic rings. The summed E-state index contributed by atoms with van der Waals surface area (Å²) in [5.74, 6) is 0.815. The summed E-state index contributed by atoms with van der Waals surface area (Å²) in [6, 6.07) is 2.64. The van der Waals surface area contributed by atoms with E-state index < -0.39 is 0 Å². The van der Waals surface area contributed by atoms with Gasteiger partial charge in [0.05, 0.1) is 6.10 Å². The van der Waals surface area contributed by atoms with Crippen LogP contribution in [0.5, 0.6) is 0 Å². The van der Waals surface area contributed by atoms with Gasteiger partial charge in [-0.05, 0) is 52.7 Å². The number of halogens is 1. The van der Waals surface area contributed by atoms with Crippen LogP contribution in [0.4, 0.5) is 0 Å². The Labute approximate surface area is 110 Å². The van der Waals surface area contributed by atoms with E-state index in [2.05, 4.69) is 32.3 Å². The molecule has 1 aromatic heterocycles. The van der Waals surface area contributed by atoms with E-state index in [-0.39, 0.29) is 0 Å². The molecule has 0 bridgehead atoms. The van der Waals surface area contributed by atoms with Crippen molar-refractivity contribution in [3.8, 4) is 0 Å². The highest BCUT2D eigenvalue weighted by Gasteiger charge is 2.40. The number of rotatable bonds is 4. The Morgan fingerprint density at radius 2 is 2.24 bits per heavy atom. The first-order valence-electron chi connectivity index (χ1n) is 6.27. The van der Waals surface area contributed by atoms with Crippen molar-refractivity contribution in [1.82, 2.24) is 10.3 Å². The van der Waals surface area contributed by atoms with Gasteiger partial charge in [-0.25, -0.2) is 0 Å². The van der Waals surface area contributed by atoms with Crippen LogP contribution in [0.25, 0.3) is 0 Å². The van der Waals surface area contributed by atoms with Crippen LogP contribution >= 0.6 is 15.9 Å². The molecular weight excluding hydrogens is 280 g/mol. The van der Waals surface area contributed by atoms with Gasteiger partial charge in [0, 0.05) is 36.1 Å². The van der Waals surface area contributed by atoms with Gasteiger partial charge in [0.1, 0.15) is 0 Å². The van der Waals surface area contributed by atoms with E-state index in [9.17, 15) is 0 Å². The molecule has 17 heavy (non-hydrogen) atoms. The second kappa shape index (κ2) is 5.04. The Morgan fingerprint density at radius 3 is 3.00 bits per heavy atom. The number of hydrogen-bond donors (Lipinski definition) is 1. The predicted octanol–water partition coefficient (Wildman–Crippen LogP) is 2.50. The largest absolute Gasteiger partial charge is 0.376 e. The third kappa shape index (κ3) is 2.87. The minimum absolute atomic E-state index is 0.454. The van der Waals surface area contributed by atoms with Gasteiger partial charge in [0.2, 0.25) is 0 Å². The molecule has 0 radical (unpaired) electrons. The third-order valence-electron chi connectivity index (χ3n) is 3.55. The highest BCUT2D eigenvalue weighted by Crippen LogP contribution is 2.38. The van der Waals surface area contributed by atoms with E-state index in [0.717, 1.165) is 30.0 Å². The minimum atomic E-state index is 0.454. The molecule has 1 aliphatic heterocycles. The van der Waals surface area contributed by atoms with Crippen molar-refractivity contribution in [1.29, 1.82) is 0 Å². The highest BCUT2D eigenvalue weighted by atomic mass is 79.9. The number of nitrogens with one attached hydrogen (secondary N) is 1. The lowest BCUT2D eigenvalue weighted by Gasteiger charge is -2.19. The summed E-state index contributed by atoms with van der Waals surface area (Å²) in [7, 11) is 0. The summed E-state index contributed by atoms with van der Waals surface area (Å²) in [6.07, 6.45) is 8.02. The zero-order valence-electron chi connectivity index (χ0n) is 9.73. The topological polar surface area (TPSA) is 34.2 Å². The van der Waals surface area contributed by atoms with E-state index in [1.165, 1.54) is 18.4 Å². The first-order chi connectivity index (χ1) is 8.33. The Bertz CT molecular complexity index is 395. The Hall–Kier alpha value is -0.450. The van der Waals surface area contributed by atoms with Crippen LogP contribution in [0.1, 0.15) is 24.8 Å². The average molecular weight is 297 g/mol.